The second-order valence-electron chi connectivity index (χ2n) is 6.84. The fourth-order valence-corrected chi connectivity index (χ4v) is 3.08. The van der Waals surface area contributed by atoms with Gasteiger partial charge in [-0.2, -0.15) is 5.10 Å². The fraction of sp³-hybridized carbons (Fsp3) is 0.150. The van der Waals surface area contributed by atoms with Crippen LogP contribution in [0.4, 0.5) is 0 Å². The van der Waals surface area contributed by atoms with Gasteiger partial charge in [0.05, 0.1) is 24.6 Å². The molecular formula is C20H17N9. The van der Waals surface area contributed by atoms with Crippen LogP contribution in [0.5, 0.6) is 0 Å². The quantitative estimate of drug-likeness (QED) is 0.470. The second-order valence-corrected chi connectivity index (χ2v) is 6.84. The first-order valence-corrected chi connectivity index (χ1v) is 9.09. The summed E-state index contributed by atoms with van der Waals surface area (Å²) in [4.78, 5) is 17.9. The summed E-state index contributed by atoms with van der Waals surface area (Å²) in [5.41, 5.74) is 5.80. The van der Waals surface area contributed by atoms with Crippen molar-refractivity contribution in [1.29, 1.82) is 0 Å². The molecule has 0 amide bonds. The van der Waals surface area contributed by atoms with Gasteiger partial charge >= 0.3 is 0 Å². The molecule has 0 radical (unpaired) electrons. The molecule has 4 aromatic heterocycles. The van der Waals surface area contributed by atoms with E-state index in [9.17, 15) is 0 Å². The molecule has 9 nitrogen and oxygen atoms in total. The van der Waals surface area contributed by atoms with E-state index in [1.165, 1.54) is 0 Å². The number of fused-ring (bicyclic) bond motifs is 1. The molecule has 142 valence electrons. The zero-order valence-electron chi connectivity index (χ0n) is 15.9. The second kappa shape index (κ2) is 6.86. The molecule has 0 aliphatic rings. The van der Waals surface area contributed by atoms with Crippen molar-refractivity contribution in [3.8, 4) is 22.6 Å². The number of aromatic nitrogens is 9. The standard InChI is InChI=1S/C20H17N9/c1-13-7-21-18(22-8-13)15-5-3-4-14(6-15)11-29-20-19(26-27-29)23-10-17(25-20)16-9-24-28(2)12-16/h3-10,12H,11H2,1-2H3. The van der Waals surface area contributed by atoms with Crippen molar-refractivity contribution < 1.29 is 0 Å². The zero-order chi connectivity index (χ0) is 19.8. The lowest BCUT2D eigenvalue weighted by atomic mass is 10.1. The SMILES string of the molecule is Cc1cnc(-c2cccc(Cn3nnc4ncc(-c5cnn(C)c5)nc43)c2)nc1. The molecule has 0 aliphatic carbocycles. The molecule has 0 bridgehead atoms. The molecule has 1 aromatic carbocycles. The van der Waals surface area contributed by atoms with Gasteiger partial charge in [-0.15, -0.1) is 5.10 Å². The molecule has 4 heterocycles. The van der Waals surface area contributed by atoms with E-state index in [-0.39, 0.29) is 0 Å². The number of nitrogens with zero attached hydrogens (tertiary/aromatic N) is 9. The van der Waals surface area contributed by atoms with Gasteiger partial charge in [0.1, 0.15) is 0 Å². The van der Waals surface area contributed by atoms with E-state index in [1.807, 2.05) is 50.8 Å². The van der Waals surface area contributed by atoms with Crippen LogP contribution in [0.1, 0.15) is 11.1 Å². The first-order valence-electron chi connectivity index (χ1n) is 9.09. The van der Waals surface area contributed by atoms with Crippen LogP contribution in [0.25, 0.3) is 33.9 Å². The molecule has 29 heavy (non-hydrogen) atoms. The summed E-state index contributed by atoms with van der Waals surface area (Å²) in [5.74, 6) is 0.694. The van der Waals surface area contributed by atoms with Crippen LogP contribution in [0, 0.1) is 6.92 Å². The van der Waals surface area contributed by atoms with Gasteiger partial charge in [0, 0.05) is 36.8 Å². The van der Waals surface area contributed by atoms with Crippen molar-refractivity contribution in [3.05, 3.63) is 66.4 Å². The van der Waals surface area contributed by atoms with E-state index in [2.05, 4.69) is 36.4 Å². The third-order valence-electron chi connectivity index (χ3n) is 4.53. The van der Waals surface area contributed by atoms with Crippen LogP contribution in [-0.2, 0) is 13.6 Å². The van der Waals surface area contributed by atoms with Gasteiger partial charge in [-0.05, 0) is 24.1 Å². The maximum absolute atomic E-state index is 4.70. The number of benzene rings is 1. The molecule has 0 fully saturated rings. The first kappa shape index (κ1) is 17.1. The summed E-state index contributed by atoms with van der Waals surface area (Å²) < 4.78 is 3.48. The van der Waals surface area contributed by atoms with Crippen molar-refractivity contribution in [1.82, 2.24) is 44.7 Å². The summed E-state index contributed by atoms with van der Waals surface area (Å²) in [6.45, 7) is 2.48. The highest BCUT2D eigenvalue weighted by Gasteiger charge is 2.12. The Bertz CT molecular complexity index is 1300. The largest absolute Gasteiger partial charge is 0.275 e. The summed E-state index contributed by atoms with van der Waals surface area (Å²) in [5, 5.41) is 12.6. The average Bonchev–Trinajstić information content (AvgIpc) is 3.35. The third-order valence-corrected chi connectivity index (χ3v) is 4.53. The summed E-state index contributed by atoms with van der Waals surface area (Å²) >= 11 is 0. The number of hydrogen-bond donors (Lipinski definition) is 0. The minimum Gasteiger partial charge on any atom is -0.275 e. The van der Waals surface area contributed by atoms with Crippen LogP contribution in [0.3, 0.4) is 0 Å². The molecule has 5 rings (SSSR count). The molecule has 0 saturated carbocycles. The lowest BCUT2D eigenvalue weighted by molar-refractivity contribution is 0.664. The molecule has 0 N–H and O–H groups in total. The average molecular weight is 383 g/mol. The van der Waals surface area contributed by atoms with Gasteiger partial charge in [0.15, 0.2) is 11.5 Å². The molecular weight excluding hydrogens is 366 g/mol. The van der Waals surface area contributed by atoms with E-state index >= 15 is 0 Å². The van der Waals surface area contributed by atoms with Crippen molar-refractivity contribution in [2.24, 2.45) is 7.05 Å². The maximum Gasteiger partial charge on any atom is 0.221 e. The predicted octanol–water partition coefficient (Wildman–Crippen LogP) is 2.44. The highest BCUT2D eigenvalue weighted by molar-refractivity contribution is 5.69. The van der Waals surface area contributed by atoms with Gasteiger partial charge < -0.3 is 0 Å². The van der Waals surface area contributed by atoms with Gasteiger partial charge in [-0.3, -0.25) is 4.68 Å². The molecule has 0 aliphatic heterocycles. The molecule has 5 aromatic rings. The van der Waals surface area contributed by atoms with Gasteiger partial charge in [-0.25, -0.2) is 24.6 Å². The Morgan fingerprint density at radius 2 is 1.83 bits per heavy atom. The molecule has 0 spiro atoms. The van der Waals surface area contributed by atoms with Crippen molar-refractivity contribution in [3.63, 3.8) is 0 Å². The maximum atomic E-state index is 4.70. The Morgan fingerprint density at radius 1 is 0.966 bits per heavy atom. The summed E-state index contributed by atoms with van der Waals surface area (Å²) in [7, 11) is 1.87. The normalized spacial score (nSPS) is 11.2. The van der Waals surface area contributed by atoms with Crippen LogP contribution in [0.15, 0.2) is 55.2 Å². The summed E-state index contributed by atoms with van der Waals surface area (Å²) in [6, 6.07) is 8.06. The van der Waals surface area contributed by atoms with E-state index in [0.717, 1.165) is 27.9 Å². The van der Waals surface area contributed by atoms with Crippen molar-refractivity contribution in [2.45, 2.75) is 13.5 Å². The summed E-state index contributed by atoms with van der Waals surface area (Å²) in [6.07, 6.45) is 8.97. The number of hydrogen-bond acceptors (Lipinski definition) is 7. The monoisotopic (exact) mass is 383 g/mol. The van der Waals surface area contributed by atoms with Gasteiger partial charge in [0.2, 0.25) is 5.65 Å². The topological polar surface area (TPSA) is 100 Å². The van der Waals surface area contributed by atoms with Crippen LogP contribution in [0.2, 0.25) is 0 Å². The lowest BCUT2D eigenvalue weighted by Gasteiger charge is -2.06. The number of aryl methyl sites for hydroxylation is 2. The van der Waals surface area contributed by atoms with E-state index in [4.69, 9.17) is 4.98 Å². The minimum absolute atomic E-state index is 0.510. The third kappa shape index (κ3) is 3.33. The molecule has 0 unspecified atom stereocenters. The molecule has 0 atom stereocenters. The van der Waals surface area contributed by atoms with Gasteiger partial charge in [0.25, 0.3) is 0 Å². The van der Waals surface area contributed by atoms with E-state index in [0.29, 0.717) is 23.7 Å². The molecule has 0 saturated heterocycles. The number of rotatable bonds is 4. The minimum atomic E-state index is 0.510. The zero-order valence-corrected chi connectivity index (χ0v) is 15.9. The lowest BCUT2D eigenvalue weighted by Crippen LogP contribution is -2.04. The van der Waals surface area contributed by atoms with Gasteiger partial charge in [-0.1, -0.05) is 23.4 Å². The van der Waals surface area contributed by atoms with Crippen molar-refractivity contribution in [2.75, 3.05) is 0 Å². The predicted molar refractivity (Wildman–Crippen MR) is 107 cm³/mol. The first-order chi connectivity index (χ1) is 14.2. The van der Waals surface area contributed by atoms with Crippen molar-refractivity contribution >= 4 is 11.3 Å². The van der Waals surface area contributed by atoms with Crippen LogP contribution in [-0.4, -0.2) is 44.7 Å². The highest BCUT2D eigenvalue weighted by atomic mass is 15.4. The fourth-order valence-electron chi connectivity index (χ4n) is 3.08. The van der Waals surface area contributed by atoms with Crippen LogP contribution < -0.4 is 0 Å². The smallest absolute Gasteiger partial charge is 0.221 e. The Hall–Kier alpha value is -4.01. The Kier molecular flexibility index (Phi) is 4.05. The van der Waals surface area contributed by atoms with Crippen LogP contribution >= 0.6 is 0 Å². The Labute approximate surface area is 166 Å². The Morgan fingerprint density at radius 3 is 2.62 bits per heavy atom. The highest BCUT2D eigenvalue weighted by Crippen LogP contribution is 2.20. The van der Waals surface area contributed by atoms with E-state index < -0.39 is 0 Å². The Balaban J connectivity index is 1.49. The molecule has 9 heteroatoms. The van der Waals surface area contributed by atoms with E-state index in [1.54, 1.807) is 21.8 Å².